The van der Waals surface area contributed by atoms with E-state index in [1.165, 1.54) is 18.3 Å². The fourth-order valence-corrected chi connectivity index (χ4v) is 1.60. The lowest BCUT2D eigenvalue weighted by atomic mass is 10.2. The fourth-order valence-electron chi connectivity index (χ4n) is 1.45. The van der Waals surface area contributed by atoms with Crippen molar-refractivity contribution in [1.82, 2.24) is 9.55 Å². The monoisotopic (exact) mass is 284 g/mol. The Balaban J connectivity index is 2.12. The van der Waals surface area contributed by atoms with Crippen LogP contribution in [0.2, 0.25) is 5.15 Å². The molecule has 5 nitrogen and oxygen atoms in total. The van der Waals surface area contributed by atoms with Gasteiger partial charge in [0.2, 0.25) is 0 Å². The first kappa shape index (κ1) is 13.4. The summed E-state index contributed by atoms with van der Waals surface area (Å²) >= 11 is 5.80. The van der Waals surface area contributed by atoms with E-state index < -0.39 is 11.8 Å². The number of halogens is 2. The summed E-state index contributed by atoms with van der Waals surface area (Å²) in [7, 11) is 1.71. The minimum absolute atomic E-state index is 0.0343. The highest BCUT2D eigenvalue weighted by atomic mass is 35.5. The van der Waals surface area contributed by atoms with Gasteiger partial charge in [-0.05, 0) is 18.2 Å². The molecule has 19 heavy (non-hydrogen) atoms. The fraction of sp³-hybridized carbons (Fsp3) is 0.167. The molecule has 0 aliphatic carbocycles. The summed E-state index contributed by atoms with van der Waals surface area (Å²) in [5.41, 5.74) is -0.134. The maximum absolute atomic E-state index is 13.6. The molecule has 0 saturated carbocycles. The highest BCUT2D eigenvalue weighted by Crippen LogP contribution is 2.20. The van der Waals surface area contributed by atoms with E-state index in [1.807, 2.05) is 0 Å². The van der Waals surface area contributed by atoms with Crippen molar-refractivity contribution in [3.63, 3.8) is 0 Å². The Morgan fingerprint density at radius 1 is 1.58 bits per heavy atom. The van der Waals surface area contributed by atoms with Crippen LogP contribution in [0.1, 0.15) is 16.2 Å². The van der Waals surface area contributed by atoms with Gasteiger partial charge in [-0.1, -0.05) is 11.6 Å². The third kappa shape index (κ3) is 2.85. The number of carboxylic acid groups (broad SMARTS) is 1. The largest absolute Gasteiger partial charge is 0.483 e. The van der Waals surface area contributed by atoms with Gasteiger partial charge in [0, 0.05) is 7.05 Å². The standard InChI is InChI=1S/C12H10ClFN2O3/c1-16-10(13)5-15-11(16)6-19-9-3-2-7(12(17)18)4-8(9)14/h2-5H,6H2,1H3,(H,17,18). The van der Waals surface area contributed by atoms with Gasteiger partial charge < -0.3 is 14.4 Å². The third-order valence-corrected chi connectivity index (χ3v) is 2.91. The number of aromatic nitrogens is 2. The van der Waals surface area contributed by atoms with Crippen LogP contribution in [0, 0.1) is 5.82 Å². The van der Waals surface area contributed by atoms with Crippen molar-refractivity contribution in [2.75, 3.05) is 0 Å². The summed E-state index contributed by atoms with van der Waals surface area (Å²) in [5.74, 6) is -1.43. The molecule has 0 aliphatic heterocycles. The van der Waals surface area contributed by atoms with Gasteiger partial charge in [0.1, 0.15) is 17.6 Å². The van der Waals surface area contributed by atoms with Crippen molar-refractivity contribution in [3.05, 3.63) is 46.8 Å². The van der Waals surface area contributed by atoms with Crippen LogP contribution in [0.5, 0.6) is 5.75 Å². The van der Waals surface area contributed by atoms with Crippen molar-refractivity contribution in [2.24, 2.45) is 7.05 Å². The summed E-state index contributed by atoms with van der Waals surface area (Å²) < 4.78 is 20.4. The quantitative estimate of drug-likeness (QED) is 0.937. The Morgan fingerprint density at radius 2 is 2.32 bits per heavy atom. The van der Waals surface area contributed by atoms with Crippen LogP contribution in [0.25, 0.3) is 0 Å². The molecule has 2 rings (SSSR count). The first-order valence-corrected chi connectivity index (χ1v) is 5.68. The Morgan fingerprint density at radius 3 is 2.84 bits per heavy atom. The Labute approximate surface area is 113 Å². The lowest BCUT2D eigenvalue weighted by Gasteiger charge is -2.08. The molecule has 7 heteroatoms. The van der Waals surface area contributed by atoms with Gasteiger partial charge in [-0.15, -0.1) is 0 Å². The van der Waals surface area contributed by atoms with Gasteiger partial charge in [-0.3, -0.25) is 0 Å². The second-order valence-electron chi connectivity index (χ2n) is 3.80. The summed E-state index contributed by atoms with van der Waals surface area (Å²) in [6.45, 7) is 0.0343. The molecule has 0 fully saturated rings. The number of ether oxygens (including phenoxy) is 1. The Hall–Kier alpha value is -2.08. The van der Waals surface area contributed by atoms with Gasteiger partial charge >= 0.3 is 5.97 Å². The Bertz CT molecular complexity index is 627. The molecule has 0 spiro atoms. The lowest BCUT2D eigenvalue weighted by molar-refractivity contribution is 0.0696. The number of benzene rings is 1. The molecule has 2 aromatic rings. The van der Waals surface area contributed by atoms with Gasteiger partial charge in [-0.2, -0.15) is 0 Å². The topological polar surface area (TPSA) is 64.4 Å². The first-order chi connectivity index (χ1) is 8.99. The van der Waals surface area contributed by atoms with Gasteiger partial charge in [0.15, 0.2) is 11.6 Å². The smallest absolute Gasteiger partial charge is 0.335 e. The normalized spacial score (nSPS) is 10.5. The second-order valence-corrected chi connectivity index (χ2v) is 4.18. The van der Waals surface area contributed by atoms with Crippen molar-refractivity contribution in [1.29, 1.82) is 0 Å². The molecule has 0 bridgehead atoms. The minimum Gasteiger partial charge on any atom is -0.483 e. The molecule has 100 valence electrons. The zero-order chi connectivity index (χ0) is 14.0. The van der Waals surface area contributed by atoms with E-state index in [-0.39, 0.29) is 17.9 Å². The highest BCUT2D eigenvalue weighted by Gasteiger charge is 2.11. The molecular formula is C12H10ClFN2O3. The van der Waals surface area contributed by atoms with Crippen LogP contribution in [0.15, 0.2) is 24.4 Å². The van der Waals surface area contributed by atoms with Gasteiger partial charge in [0.05, 0.1) is 11.8 Å². The van der Waals surface area contributed by atoms with E-state index >= 15 is 0 Å². The third-order valence-electron chi connectivity index (χ3n) is 2.56. The molecule has 1 heterocycles. The van der Waals surface area contributed by atoms with E-state index in [0.717, 1.165) is 6.07 Å². The molecule has 0 atom stereocenters. The second kappa shape index (κ2) is 5.27. The molecule has 0 amide bonds. The SMILES string of the molecule is Cn1c(Cl)cnc1COc1ccc(C(=O)O)cc1F. The predicted octanol–water partition coefficient (Wildman–Crippen LogP) is 2.49. The van der Waals surface area contributed by atoms with Crippen LogP contribution in [-0.4, -0.2) is 20.6 Å². The zero-order valence-electron chi connectivity index (χ0n) is 9.93. The summed E-state index contributed by atoms with van der Waals surface area (Å²) in [4.78, 5) is 14.7. The molecule has 0 saturated heterocycles. The maximum Gasteiger partial charge on any atom is 0.335 e. The van der Waals surface area contributed by atoms with Crippen molar-refractivity contribution in [2.45, 2.75) is 6.61 Å². The summed E-state index contributed by atoms with van der Waals surface area (Å²) in [6.07, 6.45) is 1.46. The van der Waals surface area contributed by atoms with E-state index in [9.17, 15) is 9.18 Å². The lowest BCUT2D eigenvalue weighted by Crippen LogP contribution is -2.05. The number of imidazole rings is 1. The predicted molar refractivity (Wildman–Crippen MR) is 65.9 cm³/mol. The Kier molecular flexibility index (Phi) is 3.71. The van der Waals surface area contributed by atoms with E-state index in [4.69, 9.17) is 21.4 Å². The zero-order valence-corrected chi connectivity index (χ0v) is 10.7. The molecule has 0 radical (unpaired) electrons. The molecule has 1 aromatic heterocycles. The molecule has 1 N–H and O–H groups in total. The highest BCUT2D eigenvalue weighted by molar-refractivity contribution is 6.29. The number of rotatable bonds is 4. The van der Waals surface area contributed by atoms with Gasteiger partial charge in [0.25, 0.3) is 0 Å². The van der Waals surface area contributed by atoms with Crippen molar-refractivity contribution in [3.8, 4) is 5.75 Å². The summed E-state index contributed by atoms with van der Waals surface area (Å²) in [6, 6.07) is 3.44. The molecule has 0 aliphatic rings. The molecular weight excluding hydrogens is 275 g/mol. The maximum atomic E-state index is 13.6. The van der Waals surface area contributed by atoms with Gasteiger partial charge in [-0.25, -0.2) is 14.2 Å². The number of carboxylic acids is 1. The first-order valence-electron chi connectivity index (χ1n) is 5.30. The van der Waals surface area contributed by atoms with Crippen LogP contribution < -0.4 is 4.74 Å². The van der Waals surface area contributed by atoms with Crippen LogP contribution in [-0.2, 0) is 13.7 Å². The van der Waals surface area contributed by atoms with Crippen molar-refractivity contribution >= 4 is 17.6 Å². The molecule has 1 aromatic carbocycles. The van der Waals surface area contributed by atoms with E-state index in [0.29, 0.717) is 11.0 Å². The average molecular weight is 285 g/mol. The number of hydrogen-bond donors (Lipinski definition) is 1. The van der Waals surface area contributed by atoms with Crippen LogP contribution in [0.3, 0.4) is 0 Å². The number of aromatic carboxylic acids is 1. The van der Waals surface area contributed by atoms with Crippen LogP contribution >= 0.6 is 11.6 Å². The number of nitrogens with zero attached hydrogens (tertiary/aromatic N) is 2. The van der Waals surface area contributed by atoms with E-state index in [1.54, 1.807) is 11.6 Å². The minimum atomic E-state index is -1.19. The van der Waals surface area contributed by atoms with Crippen LogP contribution in [0.4, 0.5) is 4.39 Å². The number of hydrogen-bond acceptors (Lipinski definition) is 3. The van der Waals surface area contributed by atoms with Crippen molar-refractivity contribution < 1.29 is 19.0 Å². The summed E-state index contributed by atoms with van der Waals surface area (Å²) in [5, 5.41) is 9.16. The number of carbonyl (C=O) groups is 1. The average Bonchev–Trinajstić information content (AvgIpc) is 2.68. The van der Waals surface area contributed by atoms with E-state index in [2.05, 4.69) is 4.98 Å². The molecule has 0 unspecified atom stereocenters.